The summed E-state index contributed by atoms with van der Waals surface area (Å²) < 4.78 is 19.5. The first-order valence-electron chi connectivity index (χ1n) is 13.0. The number of hydrogen-bond donors (Lipinski definition) is 1. The zero-order chi connectivity index (χ0) is 25.3. The molecule has 4 nitrogen and oxygen atoms in total. The number of carbonyl (C=O) groups is 2. The van der Waals surface area contributed by atoms with E-state index in [-0.39, 0.29) is 30.3 Å². The number of halogens is 1. The standard InChI is InChI=1S/C30H38FNO3/c1-4-6-10-17-30(5-2,24-13-8-7-9-14-24)29(34)35-28-19-22(3)26(28)16-18-32-21-27(33)23-12-11-15-25(31)20-23/h7-9,11-15,20,26,28,32H,3-6,10,16-19,21H2,1-2H3/p+1. The molecular formula is C30H39FNO3+. The average Bonchev–Trinajstić information content (AvgIpc) is 2.86. The van der Waals surface area contributed by atoms with Crippen LogP contribution in [0.2, 0.25) is 0 Å². The molecule has 1 saturated carbocycles. The first-order valence-corrected chi connectivity index (χ1v) is 13.0. The van der Waals surface area contributed by atoms with Gasteiger partial charge in [-0.1, -0.05) is 87.7 Å². The van der Waals surface area contributed by atoms with Crippen LogP contribution in [-0.2, 0) is 14.9 Å². The molecule has 0 bridgehead atoms. The summed E-state index contributed by atoms with van der Waals surface area (Å²) in [4.78, 5) is 25.9. The molecule has 0 heterocycles. The second-order valence-corrected chi connectivity index (χ2v) is 9.68. The summed E-state index contributed by atoms with van der Waals surface area (Å²) in [6.07, 6.45) is 5.99. The first kappa shape index (κ1) is 26.8. The molecule has 0 radical (unpaired) electrons. The maximum atomic E-state index is 13.6. The Bertz CT molecular complexity index is 1010. The van der Waals surface area contributed by atoms with Crippen LogP contribution in [0.5, 0.6) is 0 Å². The van der Waals surface area contributed by atoms with E-state index in [0.717, 1.165) is 43.2 Å². The number of hydrogen-bond acceptors (Lipinski definition) is 3. The molecule has 1 fully saturated rings. The summed E-state index contributed by atoms with van der Waals surface area (Å²) in [5.74, 6) is -0.516. The van der Waals surface area contributed by atoms with Crippen molar-refractivity contribution in [1.82, 2.24) is 0 Å². The Morgan fingerprint density at radius 3 is 2.54 bits per heavy atom. The van der Waals surface area contributed by atoms with Crippen LogP contribution in [0.1, 0.15) is 74.7 Å². The Hall–Kier alpha value is -2.79. The van der Waals surface area contributed by atoms with Gasteiger partial charge in [0.05, 0.1) is 12.0 Å². The van der Waals surface area contributed by atoms with Gasteiger partial charge in [-0.15, -0.1) is 0 Å². The highest BCUT2D eigenvalue weighted by molar-refractivity contribution is 5.96. The molecule has 0 aliphatic heterocycles. The molecule has 2 aromatic rings. The quantitative estimate of drug-likeness (QED) is 0.171. The lowest BCUT2D eigenvalue weighted by atomic mass is 9.72. The molecule has 188 valence electrons. The Morgan fingerprint density at radius 2 is 1.89 bits per heavy atom. The molecule has 2 N–H and O–H groups in total. The van der Waals surface area contributed by atoms with Crippen LogP contribution in [0.3, 0.4) is 0 Å². The van der Waals surface area contributed by atoms with Crippen LogP contribution in [0.25, 0.3) is 0 Å². The predicted octanol–water partition coefficient (Wildman–Crippen LogP) is 5.38. The minimum atomic E-state index is -0.624. The van der Waals surface area contributed by atoms with Gasteiger partial charge in [-0.25, -0.2) is 4.39 Å². The van der Waals surface area contributed by atoms with Crippen molar-refractivity contribution in [3.05, 3.63) is 83.7 Å². The summed E-state index contributed by atoms with van der Waals surface area (Å²) in [6, 6.07) is 15.8. The predicted molar refractivity (Wildman–Crippen MR) is 137 cm³/mol. The lowest BCUT2D eigenvalue weighted by Crippen LogP contribution is -2.86. The number of nitrogens with two attached hydrogens (primary N) is 1. The number of ether oxygens (including phenoxy) is 1. The second-order valence-electron chi connectivity index (χ2n) is 9.68. The number of carbonyl (C=O) groups excluding carboxylic acids is 2. The molecule has 2 aromatic carbocycles. The first-order chi connectivity index (χ1) is 16.9. The molecular weight excluding hydrogens is 441 g/mol. The number of esters is 1. The second kappa shape index (κ2) is 12.8. The number of rotatable bonds is 14. The van der Waals surface area contributed by atoms with E-state index in [4.69, 9.17) is 4.74 Å². The minimum absolute atomic E-state index is 0.0948. The summed E-state index contributed by atoms with van der Waals surface area (Å²) in [7, 11) is 0. The van der Waals surface area contributed by atoms with Crippen LogP contribution < -0.4 is 5.32 Å². The zero-order valence-electron chi connectivity index (χ0n) is 21.1. The highest BCUT2D eigenvalue weighted by atomic mass is 19.1. The lowest BCUT2D eigenvalue weighted by Gasteiger charge is -2.41. The largest absolute Gasteiger partial charge is 0.461 e. The van der Waals surface area contributed by atoms with Gasteiger partial charge < -0.3 is 10.1 Å². The van der Waals surface area contributed by atoms with Crippen molar-refractivity contribution >= 4 is 11.8 Å². The highest BCUT2D eigenvalue weighted by Gasteiger charge is 2.44. The number of ketones is 1. The van der Waals surface area contributed by atoms with E-state index in [0.29, 0.717) is 24.9 Å². The number of benzene rings is 2. The molecule has 1 aliphatic carbocycles. The van der Waals surface area contributed by atoms with E-state index < -0.39 is 11.2 Å². The van der Waals surface area contributed by atoms with Crippen molar-refractivity contribution in [3.63, 3.8) is 0 Å². The van der Waals surface area contributed by atoms with Gasteiger partial charge in [0.15, 0.2) is 0 Å². The monoisotopic (exact) mass is 480 g/mol. The normalized spacial score (nSPS) is 19.0. The molecule has 0 aromatic heterocycles. The van der Waals surface area contributed by atoms with Crippen LogP contribution in [0.15, 0.2) is 66.7 Å². The third-order valence-corrected chi connectivity index (χ3v) is 7.38. The number of unbranched alkanes of at least 4 members (excludes halogenated alkanes) is 2. The molecule has 35 heavy (non-hydrogen) atoms. The van der Waals surface area contributed by atoms with Gasteiger partial charge in [0.2, 0.25) is 5.78 Å². The van der Waals surface area contributed by atoms with Crippen molar-refractivity contribution in [2.45, 2.75) is 70.3 Å². The number of quaternary nitrogens is 1. The Kier molecular flexibility index (Phi) is 9.79. The third kappa shape index (κ3) is 6.66. The van der Waals surface area contributed by atoms with E-state index in [1.165, 1.54) is 12.1 Å². The van der Waals surface area contributed by atoms with Crippen molar-refractivity contribution in [1.29, 1.82) is 0 Å². The SMILES string of the molecule is C=C1CC(OC(=O)C(CC)(CCCCC)c2ccccc2)C1CC[NH2+]CC(=O)c1cccc(F)c1. The topological polar surface area (TPSA) is 60.0 Å². The van der Waals surface area contributed by atoms with E-state index in [1.807, 2.05) is 35.6 Å². The van der Waals surface area contributed by atoms with E-state index in [1.54, 1.807) is 12.1 Å². The molecule has 0 amide bonds. The maximum absolute atomic E-state index is 13.6. The van der Waals surface area contributed by atoms with Crippen LogP contribution >= 0.6 is 0 Å². The van der Waals surface area contributed by atoms with Gasteiger partial charge in [0.1, 0.15) is 18.5 Å². The van der Waals surface area contributed by atoms with Gasteiger partial charge in [-0.3, -0.25) is 9.59 Å². The summed E-state index contributed by atoms with van der Waals surface area (Å²) in [6.45, 7) is 9.37. The molecule has 0 saturated heterocycles. The molecule has 0 spiro atoms. The zero-order valence-corrected chi connectivity index (χ0v) is 21.1. The molecule has 1 aliphatic rings. The summed E-state index contributed by atoms with van der Waals surface area (Å²) in [5.41, 5.74) is 1.89. The third-order valence-electron chi connectivity index (χ3n) is 7.38. The fourth-order valence-electron chi connectivity index (χ4n) is 5.05. The molecule has 3 unspecified atom stereocenters. The van der Waals surface area contributed by atoms with Crippen LogP contribution in [-0.4, -0.2) is 30.9 Å². The Morgan fingerprint density at radius 1 is 1.11 bits per heavy atom. The van der Waals surface area contributed by atoms with Crippen molar-refractivity contribution < 1.29 is 24.0 Å². The fraction of sp³-hybridized carbons (Fsp3) is 0.467. The van der Waals surface area contributed by atoms with Crippen LogP contribution in [0.4, 0.5) is 4.39 Å². The van der Waals surface area contributed by atoms with Gasteiger partial charge in [-0.2, -0.15) is 0 Å². The molecule has 5 heteroatoms. The maximum Gasteiger partial charge on any atom is 0.316 e. The van der Waals surface area contributed by atoms with Gasteiger partial charge in [0.25, 0.3) is 0 Å². The van der Waals surface area contributed by atoms with E-state index in [9.17, 15) is 14.0 Å². The smallest absolute Gasteiger partial charge is 0.316 e. The van der Waals surface area contributed by atoms with E-state index >= 15 is 0 Å². The van der Waals surface area contributed by atoms with Crippen molar-refractivity contribution in [3.8, 4) is 0 Å². The van der Waals surface area contributed by atoms with Gasteiger partial charge in [-0.05, 0) is 30.5 Å². The minimum Gasteiger partial charge on any atom is -0.461 e. The molecule has 3 atom stereocenters. The molecule has 3 rings (SSSR count). The van der Waals surface area contributed by atoms with E-state index in [2.05, 4.69) is 20.4 Å². The number of Topliss-reactive ketones (excluding diaryl/α,β-unsaturated/α-hetero) is 1. The van der Waals surface area contributed by atoms with Crippen molar-refractivity contribution in [2.75, 3.05) is 13.1 Å². The highest BCUT2D eigenvalue weighted by Crippen LogP contribution is 2.41. The van der Waals surface area contributed by atoms with Crippen molar-refractivity contribution in [2.24, 2.45) is 5.92 Å². The fourth-order valence-corrected chi connectivity index (χ4v) is 5.05. The van der Waals surface area contributed by atoms with Crippen LogP contribution in [0, 0.1) is 11.7 Å². The average molecular weight is 481 g/mol. The lowest BCUT2D eigenvalue weighted by molar-refractivity contribution is -0.643. The van der Waals surface area contributed by atoms with Gasteiger partial charge >= 0.3 is 5.97 Å². The summed E-state index contributed by atoms with van der Waals surface area (Å²) >= 11 is 0. The van der Waals surface area contributed by atoms with Gasteiger partial charge in [0, 0.05) is 24.3 Å². The summed E-state index contributed by atoms with van der Waals surface area (Å²) in [5, 5.41) is 1.93. The Labute approximate surface area is 209 Å². The Balaban J connectivity index is 1.57.